The zero-order valence-electron chi connectivity index (χ0n) is 10.5. The van der Waals surface area contributed by atoms with E-state index in [4.69, 9.17) is 0 Å². The molecule has 102 valence electrons. The van der Waals surface area contributed by atoms with Gasteiger partial charge in [-0.1, -0.05) is 0 Å². The zero-order valence-corrected chi connectivity index (χ0v) is 10.5. The van der Waals surface area contributed by atoms with E-state index in [2.05, 4.69) is 9.88 Å². The lowest BCUT2D eigenvalue weighted by atomic mass is 9.96. The number of nitrogens with zero attached hydrogens (tertiary/aromatic N) is 3. The van der Waals surface area contributed by atoms with E-state index in [1.807, 2.05) is 17.7 Å². The van der Waals surface area contributed by atoms with Gasteiger partial charge in [0, 0.05) is 18.9 Å². The van der Waals surface area contributed by atoms with Crippen molar-refractivity contribution in [2.45, 2.75) is 39.0 Å². The number of imidazole rings is 1. The summed E-state index contributed by atoms with van der Waals surface area (Å²) in [5, 5.41) is 0. The Labute approximate surface area is 105 Å². The first-order chi connectivity index (χ1) is 8.50. The second kappa shape index (κ2) is 5.30. The van der Waals surface area contributed by atoms with Crippen LogP contribution < -0.4 is 0 Å². The summed E-state index contributed by atoms with van der Waals surface area (Å²) in [4.78, 5) is 6.30. The molecule has 0 aliphatic carbocycles. The summed E-state index contributed by atoms with van der Waals surface area (Å²) >= 11 is 0. The lowest BCUT2D eigenvalue weighted by Gasteiger charge is -2.32. The maximum Gasteiger partial charge on any atom is 0.391 e. The Hall–Kier alpha value is -1.04. The van der Waals surface area contributed by atoms with Gasteiger partial charge in [-0.15, -0.1) is 0 Å². The van der Waals surface area contributed by atoms with Gasteiger partial charge in [0.05, 0.1) is 12.5 Å². The van der Waals surface area contributed by atoms with Gasteiger partial charge in [0.25, 0.3) is 0 Å². The third-order valence-electron chi connectivity index (χ3n) is 3.56. The average Bonchev–Trinajstić information content (AvgIpc) is 2.76. The van der Waals surface area contributed by atoms with Gasteiger partial charge in [0.15, 0.2) is 0 Å². The molecule has 1 aliphatic heterocycles. The van der Waals surface area contributed by atoms with Crippen LogP contribution in [0.5, 0.6) is 0 Å². The molecule has 0 spiro atoms. The molecule has 0 amide bonds. The molecule has 1 fully saturated rings. The number of rotatable bonds is 3. The Morgan fingerprint density at radius 2 is 2.00 bits per heavy atom. The van der Waals surface area contributed by atoms with Crippen molar-refractivity contribution >= 4 is 0 Å². The minimum absolute atomic E-state index is 0.205. The molecule has 1 aliphatic rings. The Morgan fingerprint density at radius 3 is 2.56 bits per heavy atom. The maximum atomic E-state index is 12.5. The molecule has 1 aromatic rings. The van der Waals surface area contributed by atoms with Crippen LogP contribution in [0.1, 0.15) is 25.6 Å². The number of piperidine rings is 1. The molecule has 0 saturated carbocycles. The van der Waals surface area contributed by atoms with Gasteiger partial charge >= 0.3 is 6.18 Å². The number of hydrogen-bond acceptors (Lipinski definition) is 2. The van der Waals surface area contributed by atoms with Gasteiger partial charge in [-0.3, -0.25) is 4.90 Å². The predicted octanol–water partition coefficient (Wildman–Crippen LogP) is 2.68. The molecule has 0 aromatic carbocycles. The summed E-state index contributed by atoms with van der Waals surface area (Å²) in [6, 6.07) is 0. The average molecular weight is 261 g/mol. The number of hydrogen-bond donors (Lipinski definition) is 0. The maximum absolute atomic E-state index is 12.5. The second-order valence-electron chi connectivity index (χ2n) is 4.72. The Morgan fingerprint density at radius 1 is 1.33 bits per heavy atom. The highest BCUT2D eigenvalue weighted by atomic mass is 19.4. The normalized spacial score (nSPS) is 19.3. The van der Waals surface area contributed by atoms with Gasteiger partial charge in [0.1, 0.15) is 5.82 Å². The molecule has 0 N–H and O–H groups in total. The van der Waals surface area contributed by atoms with Crippen LogP contribution in [0.2, 0.25) is 0 Å². The fourth-order valence-corrected chi connectivity index (χ4v) is 2.40. The van der Waals surface area contributed by atoms with Crippen LogP contribution >= 0.6 is 0 Å². The quantitative estimate of drug-likeness (QED) is 0.834. The summed E-state index contributed by atoms with van der Waals surface area (Å²) in [5.74, 6) is -0.192. The summed E-state index contributed by atoms with van der Waals surface area (Å²) in [5.41, 5.74) is 0. The molecule has 0 atom stereocenters. The zero-order chi connectivity index (χ0) is 13.2. The first-order valence-electron chi connectivity index (χ1n) is 6.29. The van der Waals surface area contributed by atoms with Crippen molar-refractivity contribution in [2.75, 3.05) is 13.1 Å². The standard InChI is InChI=1S/C12H18F3N3/c1-2-18-8-5-16-11(18)9-17-6-3-10(4-7-17)12(13,14)15/h5,8,10H,2-4,6-7,9H2,1H3. The molecule has 3 nitrogen and oxygen atoms in total. The number of aryl methyl sites for hydroxylation is 1. The van der Waals surface area contributed by atoms with E-state index in [1.54, 1.807) is 6.20 Å². The number of alkyl halides is 3. The van der Waals surface area contributed by atoms with Crippen LogP contribution in [0.3, 0.4) is 0 Å². The van der Waals surface area contributed by atoms with E-state index in [9.17, 15) is 13.2 Å². The molecule has 0 bridgehead atoms. The Bertz CT molecular complexity index is 378. The van der Waals surface area contributed by atoms with E-state index < -0.39 is 12.1 Å². The van der Waals surface area contributed by atoms with E-state index in [1.165, 1.54) is 0 Å². The van der Waals surface area contributed by atoms with E-state index in [0.717, 1.165) is 12.4 Å². The van der Waals surface area contributed by atoms with E-state index in [0.29, 0.717) is 19.6 Å². The summed E-state index contributed by atoms with van der Waals surface area (Å²) in [6.07, 6.45) is 0.0136. The van der Waals surface area contributed by atoms with Crippen LogP contribution in [0.15, 0.2) is 12.4 Å². The van der Waals surface area contributed by atoms with Crippen molar-refractivity contribution in [1.82, 2.24) is 14.5 Å². The van der Waals surface area contributed by atoms with Crippen molar-refractivity contribution in [3.05, 3.63) is 18.2 Å². The van der Waals surface area contributed by atoms with Gasteiger partial charge in [-0.25, -0.2) is 4.98 Å². The van der Waals surface area contributed by atoms with Crippen LogP contribution in [0.25, 0.3) is 0 Å². The SMILES string of the molecule is CCn1ccnc1CN1CCC(C(F)(F)F)CC1. The van der Waals surface area contributed by atoms with Gasteiger partial charge in [0.2, 0.25) is 0 Å². The van der Waals surface area contributed by atoms with Crippen molar-refractivity contribution in [2.24, 2.45) is 5.92 Å². The largest absolute Gasteiger partial charge is 0.391 e. The van der Waals surface area contributed by atoms with Crippen LogP contribution in [-0.2, 0) is 13.1 Å². The first kappa shape index (κ1) is 13.4. The molecule has 0 unspecified atom stereocenters. The Kier molecular flexibility index (Phi) is 3.94. The summed E-state index contributed by atoms with van der Waals surface area (Å²) in [7, 11) is 0. The van der Waals surface area contributed by atoms with Gasteiger partial charge in [-0.05, 0) is 32.9 Å². The van der Waals surface area contributed by atoms with Crippen molar-refractivity contribution in [3.8, 4) is 0 Å². The molecular weight excluding hydrogens is 243 g/mol. The first-order valence-corrected chi connectivity index (χ1v) is 6.29. The molecule has 1 saturated heterocycles. The third kappa shape index (κ3) is 3.04. The van der Waals surface area contributed by atoms with Gasteiger partial charge in [-0.2, -0.15) is 13.2 Å². The van der Waals surface area contributed by atoms with Gasteiger partial charge < -0.3 is 4.57 Å². The molecule has 2 rings (SSSR count). The molecule has 18 heavy (non-hydrogen) atoms. The molecule has 2 heterocycles. The fraction of sp³-hybridized carbons (Fsp3) is 0.750. The van der Waals surface area contributed by atoms with Crippen LogP contribution in [0.4, 0.5) is 13.2 Å². The molecule has 1 aromatic heterocycles. The van der Waals surface area contributed by atoms with Crippen molar-refractivity contribution < 1.29 is 13.2 Å². The number of likely N-dealkylation sites (tertiary alicyclic amines) is 1. The van der Waals surface area contributed by atoms with Crippen molar-refractivity contribution in [1.29, 1.82) is 0 Å². The minimum Gasteiger partial charge on any atom is -0.334 e. The van der Waals surface area contributed by atoms with Crippen LogP contribution in [-0.4, -0.2) is 33.7 Å². The third-order valence-corrected chi connectivity index (χ3v) is 3.56. The number of halogens is 3. The summed E-state index contributed by atoms with van der Waals surface area (Å²) in [6.45, 7) is 4.52. The van der Waals surface area contributed by atoms with Crippen LogP contribution in [0, 0.1) is 5.92 Å². The molecule has 6 heteroatoms. The van der Waals surface area contributed by atoms with E-state index in [-0.39, 0.29) is 12.8 Å². The topological polar surface area (TPSA) is 21.1 Å². The minimum atomic E-state index is -4.03. The molecular formula is C12H18F3N3. The highest BCUT2D eigenvalue weighted by Crippen LogP contribution is 2.34. The monoisotopic (exact) mass is 261 g/mol. The molecule has 0 radical (unpaired) electrons. The fourth-order valence-electron chi connectivity index (χ4n) is 2.40. The van der Waals surface area contributed by atoms with Crippen molar-refractivity contribution in [3.63, 3.8) is 0 Å². The lowest BCUT2D eigenvalue weighted by Crippen LogP contribution is -2.39. The lowest BCUT2D eigenvalue weighted by molar-refractivity contribution is -0.185. The predicted molar refractivity (Wildman–Crippen MR) is 62.0 cm³/mol. The highest BCUT2D eigenvalue weighted by Gasteiger charge is 2.41. The highest BCUT2D eigenvalue weighted by molar-refractivity contribution is 4.93. The van der Waals surface area contributed by atoms with E-state index >= 15 is 0 Å². The summed E-state index contributed by atoms with van der Waals surface area (Å²) < 4.78 is 39.6. The smallest absolute Gasteiger partial charge is 0.334 e. The second-order valence-corrected chi connectivity index (χ2v) is 4.72. The number of aromatic nitrogens is 2. The Balaban J connectivity index is 1.87.